The van der Waals surface area contributed by atoms with E-state index in [1.165, 1.54) is 6.92 Å². The molecule has 13 nitrogen and oxygen atoms in total. The summed E-state index contributed by atoms with van der Waals surface area (Å²) in [4.78, 5) is 61.3. The Hall–Kier alpha value is -5.43. The van der Waals surface area contributed by atoms with Crippen LogP contribution in [0.1, 0.15) is 56.9 Å². The minimum Gasteiger partial charge on any atom is -0.463 e. The lowest BCUT2D eigenvalue weighted by Gasteiger charge is -2.44. The number of hydrogen-bond acceptors (Lipinski definition) is 12. The molecule has 1 unspecified atom stereocenters. The van der Waals surface area contributed by atoms with Crippen LogP contribution in [0.25, 0.3) is 0 Å². The zero-order valence-corrected chi connectivity index (χ0v) is 28.5. The summed E-state index contributed by atoms with van der Waals surface area (Å²) < 4.78 is 39.7. The standard InChI is InChI=1S/C37H41NO12/c1-6-26-12-14-27(15-13-26)18-29-16-17-30(38-37(43)45-20-28-10-8-7-9-11-28)19-31(29)49-36-35(48-25(5)42)34(47-24(4)41)33(46-23(3)40)32(50-36)21-44-22(2)39/h7-17,19,32-36H,6,18,20-21H2,1-5H3,(H,38,43)/t32-,33-,34+,35-,36?/m1/s1. The summed E-state index contributed by atoms with van der Waals surface area (Å²) in [6.07, 6.45) is -6.33. The topological polar surface area (TPSA) is 162 Å². The van der Waals surface area contributed by atoms with Crippen molar-refractivity contribution < 1.29 is 57.1 Å². The third kappa shape index (κ3) is 11.1. The Labute approximate surface area is 290 Å². The number of rotatable bonds is 13. The molecular weight excluding hydrogens is 650 g/mol. The average molecular weight is 692 g/mol. The normalized spacial score (nSPS) is 19.7. The first-order valence-electron chi connectivity index (χ1n) is 16.1. The summed E-state index contributed by atoms with van der Waals surface area (Å²) in [5.41, 5.74) is 3.90. The van der Waals surface area contributed by atoms with E-state index in [0.29, 0.717) is 17.7 Å². The summed E-state index contributed by atoms with van der Waals surface area (Å²) in [5.74, 6) is -2.72. The van der Waals surface area contributed by atoms with Crippen molar-refractivity contribution in [3.63, 3.8) is 0 Å². The van der Waals surface area contributed by atoms with E-state index in [1.54, 1.807) is 18.2 Å². The number of carbonyl (C=O) groups excluding carboxylic acids is 5. The number of anilines is 1. The average Bonchev–Trinajstić information content (AvgIpc) is 3.07. The lowest BCUT2D eigenvalue weighted by molar-refractivity contribution is -0.288. The first-order chi connectivity index (χ1) is 23.9. The second-order valence-corrected chi connectivity index (χ2v) is 11.5. The van der Waals surface area contributed by atoms with Gasteiger partial charge in [0.05, 0.1) is 0 Å². The minimum atomic E-state index is -1.47. The molecule has 3 aromatic rings. The van der Waals surface area contributed by atoms with Crippen LogP contribution in [-0.4, -0.2) is 67.3 Å². The SMILES string of the molecule is CCc1ccc(Cc2ccc(NC(=O)OCc3ccccc3)cc2OC2O[C@H](COC(C)=O)[C@@H](OC(C)=O)[C@H](OC(C)=O)[C@H]2OC(C)=O)cc1. The molecular formula is C37H41NO12. The number of nitrogens with one attached hydrogen (secondary N) is 1. The van der Waals surface area contributed by atoms with E-state index in [2.05, 4.69) is 12.2 Å². The smallest absolute Gasteiger partial charge is 0.411 e. The lowest BCUT2D eigenvalue weighted by atomic mass is 9.97. The van der Waals surface area contributed by atoms with Crippen molar-refractivity contribution in [2.24, 2.45) is 0 Å². The van der Waals surface area contributed by atoms with Crippen LogP contribution in [0.3, 0.4) is 0 Å². The van der Waals surface area contributed by atoms with E-state index in [4.69, 9.17) is 33.2 Å². The molecule has 1 amide bonds. The highest BCUT2D eigenvalue weighted by molar-refractivity contribution is 5.85. The molecule has 4 rings (SSSR count). The summed E-state index contributed by atoms with van der Waals surface area (Å²) in [7, 11) is 0. The van der Waals surface area contributed by atoms with Gasteiger partial charge < -0.3 is 33.2 Å². The Morgan fingerprint density at radius 1 is 0.680 bits per heavy atom. The molecule has 1 N–H and O–H groups in total. The fourth-order valence-electron chi connectivity index (χ4n) is 5.29. The van der Waals surface area contributed by atoms with E-state index in [1.807, 2.05) is 54.6 Å². The molecule has 3 aromatic carbocycles. The monoisotopic (exact) mass is 691 g/mol. The number of hydrogen-bond donors (Lipinski definition) is 1. The first kappa shape index (κ1) is 37.4. The molecule has 1 aliphatic heterocycles. The zero-order chi connectivity index (χ0) is 36.2. The molecule has 1 fully saturated rings. The van der Waals surface area contributed by atoms with Crippen LogP contribution in [-0.2, 0) is 67.0 Å². The second-order valence-electron chi connectivity index (χ2n) is 11.5. The van der Waals surface area contributed by atoms with Crippen molar-refractivity contribution in [2.75, 3.05) is 11.9 Å². The van der Waals surface area contributed by atoms with Gasteiger partial charge in [-0.3, -0.25) is 24.5 Å². The van der Waals surface area contributed by atoms with Crippen molar-refractivity contribution in [3.8, 4) is 5.75 Å². The first-order valence-corrected chi connectivity index (χ1v) is 16.1. The van der Waals surface area contributed by atoms with E-state index < -0.39 is 67.3 Å². The molecule has 0 spiro atoms. The van der Waals surface area contributed by atoms with Gasteiger partial charge in [0, 0.05) is 45.9 Å². The highest BCUT2D eigenvalue weighted by atomic mass is 16.7. The third-order valence-electron chi connectivity index (χ3n) is 7.54. The van der Waals surface area contributed by atoms with Gasteiger partial charge in [-0.25, -0.2) is 4.79 Å². The molecule has 1 saturated heterocycles. The van der Waals surface area contributed by atoms with Crippen molar-refractivity contribution >= 4 is 35.7 Å². The Morgan fingerprint density at radius 3 is 1.92 bits per heavy atom. The van der Waals surface area contributed by atoms with Crippen LogP contribution in [0, 0.1) is 0 Å². The van der Waals surface area contributed by atoms with Crippen LogP contribution < -0.4 is 10.1 Å². The Morgan fingerprint density at radius 2 is 1.30 bits per heavy atom. The molecule has 0 saturated carbocycles. The Balaban J connectivity index is 1.71. The van der Waals surface area contributed by atoms with Gasteiger partial charge in [0.25, 0.3) is 0 Å². The number of benzene rings is 3. The number of amides is 1. The van der Waals surface area contributed by atoms with Gasteiger partial charge in [0.2, 0.25) is 12.4 Å². The van der Waals surface area contributed by atoms with Crippen LogP contribution >= 0.6 is 0 Å². The fraction of sp³-hybridized carbons (Fsp3) is 0.378. The maximum absolute atomic E-state index is 12.7. The number of carbonyl (C=O) groups is 5. The van der Waals surface area contributed by atoms with E-state index in [-0.39, 0.29) is 12.4 Å². The van der Waals surface area contributed by atoms with Crippen molar-refractivity contribution in [3.05, 3.63) is 95.1 Å². The maximum Gasteiger partial charge on any atom is 0.411 e. The number of ether oxygens (including phenoxy) is 7. The van der Waals surface area contributed by atoms with E-state index in [9.17, 15) is 24.0 Å². The lowest BCUT2D eigenvalue weighted by Crippen LogP contribution is -2.63. The molecule has 0 aliphatic carbocycles. The summed E-state index contributed by atoms with van der Waals surface area (Å²) >= 11 is 0. The summed E-state index contributed by atoms with van der Waals surface area (Å²) in [6.45, 7) is 6.30. The Bertz CT molecular complexity index is 1640. The third-order valence-corrected chi connectivity index (χ3v) is 7.54. The molecule has 0 aromatic heterocycles. The van der Waals surface area contributed by atoms with Gasteiger partial charge >= 0.3 is 30.0 Å². The molecule has 0 bridgehead atoms. The summed E-state index contributed by atoms with van der Waals surface area (Å²) in [5, 5.41) is 2.69. The Kier molecular flexibility index (Phi) is 13.3. The van der Waals surface area contributed by atoms with Crippen molar-refractivity contribution in [2.45, 2.75) is 84.8 Å². The second kappa shape index (κ2) is 17.8. The molecule has 1 heterocycles. The van der Waals surface area contributed by atoms with Crippen LogP contribution in [0.4, 0.5) is 10.5 Å². The van der Waals surface area contributed by atoms with Crippen LogP contribution in [0.5, 0.6) is 5.75 Å². The van der Waals surface area contributed by atoms with Crippen molar-refractivity contribution in [1.82, 2.24) is 0 Å². The molecule has 1 aliphatic rings. The highest BCUT2D eigenvalue weighted by Crippen LogP contribution is 2.34. The van der Waals surface area contributed by atoms with Gasteiger partial charge in [-0.15, -0.1) is 0 Å². The van der Waals surface area contributed by atoms with Crippen molar-refractivity contribution in [1.29, 1.82) is 0 Å². The molecule has 266 valence electrons. The van der Waals surface area contributed by atoms with E-state index >= 15 is 0 Å². The van der Waals surface area contributed by atoms with E-state index in [0.717, 1.165) is 43.9 Å². The zero-order valence-electron chi connectivity index (χ0n) is 28.5. The molecule has 13 heteroatoms. The van der Waals surface area contributed by atoms with Gasteiger partial charge in [0.1, 0.15) is 25.1 Å². The predicted molar refractivity (Wildman–Crippen MR) is 178 cm³/mol. The minimum absolute atomic E-state index is 0.0482. The quantitative estimate of drug-likeness (QED) is 0.188. The largest absolute Gasteiger partial charge is 0.463 e. The van der Waals surface area contributed by atoms with Crippen LogP contribution in [0.2, 0.25) is 0 Å². The highest BCUT2D eigenvalue weighted by Gasteiger charge is 2.53. The molecule has 5 atom stereocenters. The van der Waals surface area contributed by atoms with Gasteiger partial charge in [0.15, 0.2) is 12.2 Å². The summed E-state index contributed by atoms with van der Waals surface area (Å²) in [6, 6.07) is 22.2. The van der Waals surface area contributed by atoms with Gasteiger partial charge in [-0.2, -0.15) is 0 Å². The van der Waals surface area contributed by atoms with Crippen LogP contribution in [0.15, 0.2) is 72.8 Å². The number of aryl methyl sites for hydroxylation is 1. The maximum atomic E-state index is 12.7. The van der Waals surface area contributed by atoms with Gasteiger partial charge in [-0.05, 0) is 34.7 Å². The number of esters is 4. The van der Waals surface area contributed by atoms with Gasteiger partial charge in [-0.1, -0.05) is 67.6 Å². The molecule has 0 radical (unpaired) electrons. The predicted octanol–water partition coefficient (Wildman–Crippen LogP) is 5.05. The molecule has 50 heavy (non-hydrogen) atoms. The fourth-order valence-corrected chi connectivity index (χ4v) is 5.29.